The third kappa shape index (κ3) is 1.16. The highest BCUT2D eigenvalue weighted by Crippen LogP contribution is 2.32. The van der Waals surface area contributed by atoms with Crippen LogP contribution in [0.15, 0.2) is 36.4 Å². The Kier molecular flexibility index (Phi) is 2.08. The quantitative estimate of drug-likeness (QED) is 0.597. The monoisotopic (exact) mass is 231 g/mol. The van der Waals surface area contributed by atoms with Crippen LogP contribution >= 0.6 is 0 Å². The van der Waals surface area contributed by atoms with Crippen LogP contribution in [0.5, 0.6) is 0 Å². The van der Waals surface area contributed by atoms with Gasteiger partial charge in [-0.2, -0.15) is 10.5 Å². The molecular formula is C15H9N3. The molecule has 1 aromatic heterocycles. The van der Waals surface area contributed by atoms with Gasteiger partial charge in [-0.1, -0.05) is 18.2 Å². The Morgan fingerprint density at radius 2 is 1.61 bits per heavy atom. The van der Waals surface area contributed by atoms with E-state index >= 15 is 0 Å². The first-order valence-electron chi connectivity index (χ1n) is 5.58. The zero-order valence-electron chi connectivity index (χ0n) is 9.81. The molecular weight excluding hydrogens is 222 g/mol. The fourth-order valence-corrected chi connectivity index (χ4v) is 2.49. The summed E-state index contributed by atoms with van der Waals surface area (Å²) in [6.07, 6.45) is 0. The van der Waals surface area contributed by atoms with E-state index in [1.54, 1.807) is 12.1 Å². The lowest BCUT2D eigenvalue weighted by Gasteiger charge is -2.00. The Morgan fingerprint density at radius 3 is 2.33 bits per heavy atom. The van der Waals surface area contributed by atoms with Crippen LogP contribution in [-0.2, 0) is 7.05 Å². The van der Waals surface area contributed by atoms with Crippen LogP contribution in [0.4, 0.5) is 0 Å². The molecule has 3 rings (SSSR count). The maximum absolute atomic E-state index is 9.23. The molecule has 84 valence electrons. The zero-order valence-corrected chi connectivity index (χ0v) is 9.81. The van der Waals surface area contributed by atoms with E-state index < -0.39 is 0 Å². The van der Waals surface area contributed by atoms with Crippen LogP contribution in [0.1, 0.15) is 11.1 Å². The van der Waals surface area contributed by atoms with E-state index in [0.29, 0.717) is 11.1 Å². The largest absolute Gasteiger partial charge is 0.342 e. The highest BCUT2D eigenvalue weighted by atomic mass is 14.9. The van der Waals surface area contributed by atoms with Crippen molar-refractivity contribution in [2.24, 2.45) is 7.05 Å². The fourth-order valence-electron chi connectivity index (χ4n) is 2.49. The predicted molar refractivity (Wildman–Crippen MR) is 69.9 cm³/mol. The van der Waals surface area contributed by atoms with Gasteiger partial charge >= 0.3 is 0 Å². The number of hydrogen-bond acceptors (Lipinski definition) is 2. The Balaban J connectivity index is 2.72. The summed E-state index contributed by atoms with van der Waals surface area (Å²) in [7, 11) is 1.92. The third-order valence-electron chi connectivity index (χ3n) is 3.29. The first-order chi connectivity index (χ1) is 8.77. The summed E-state index contributed by atoms with van der Waals surface area (Å²) in [6, 6.07) is 15.7. The van der Waals surface area contributed by atoms with Gasteiger partial charge in [0.05, 0.1) is 22.7 Å². The smallest absolute Gasteiger partial charge is 0.101 e. The average molecular weight is 231 g/mol. The van der Waals surface area contributed by atoms with E-state index in [1.807, 2.05) is 35.9 Å². The lowest BCUT2D eigenvalue weighted by Crippen LogP contribution is -1.90. The summed E-state index contributed by atoms with van der Waals surface area (Å²) in [5.74, 6) is 0. The third-order valence-corrected chi connectivity index (χ3v) is 3.29. The van der Waals surface area contributed by atoms with Crippen LogP contribution < -0.4 is 0 Å². The van der Waals surface area contributed by atoms with Crippen LogP contribution in [0.2, 0.25) is 0 Å². The Hall–Kier alpha value is -2.78. The second-order valence-corrected chi connectivity index (χ2v) is 4.18. The van der Waals surface area contributed by atoms with Gasteiger partial charge in [-0.3, -0.25) is 0 Å². The van der Waals surface area contributed by atoms with Crippen molar-refractivity contribution in [2.45, 2.75) is 0 Å². The van der Waals surface area contributed by atoms with E-state index in [1.165, 1.54) is 0 Å². The number of hydrogen-bond donors (Lipinski definition) is 0. The van der Waals surface area contributed by atoms with E-state index in [-0.39, 0.29) is 0 Å². The van der Waals surface area contributed by atoms with Crippen LogP contribution in [0, 0.1) is 22.7 Å². The van der Waals surface area contributed by atoms with Gasteiger partial charge in [0.15, 0.2) is 0 Å². The normalized spacial score (nSPS) is 10.4. The van der Waals surface area contributed by atoms with E-state index in [4.69, 9.17) is 0 Å². The minimum atomic E-state index is 0.600. The van der Waals surface area contributed by atoms with Crippen molar-refractivity contribution < 1.29 is 0 Å². The van der Waals surface area contributed by atoms with E-state index in [2.05, 4.69) is 12.1 Å². The number of para-hydroxylation sites is 1. The van der Waals surface area contributed by atoms with Crippen molar-refractivity contribution in [3.8, 4) is 12.1 Å². The van der Waals surface area contributed by atoms with Gasteiger partial charge in [0, 0.05) is 23.3 Å². The fraction of sp³-hybridized carbons (Fsp3) is 0.0667. The van der Waals surface area contributed by atoms with Crippen molar-refractivity contribution in [1.29, 1.82) is 10.5 Å². The molecule has 0 aliphatic carbocycles. The average Bonchev–Trinajstić information content (AvgIpc) is 2.73. The summed E-state index contributed by atoms with van der Waals surface area (Å²) in [5, 5.41) is 20.3. The predicted octanol–water partition coefficient (Wildman–Crippen LogP) is 3.07. The number of nitriles is 2. The molecule has 2 aromatic carbocycles. The molecule has 0 aliphatic rings. The molecule has 1 heterocycles. The molecule has 0 aliphatic heterocycles. The van der Waals surface area contributed by atoms with E-state index in [0.717, 1.165) is 21.8 Å². The van der Waals surface area contributed by atoms with E-state index in [9.17, 15) is 10.5 Å². The van der Waals surface area contributed by atoms with Crippen molar-refractivity contribution in [3.05, 3.63) is 47.5 Å². The lowest BCUT2D eigenvalue weighted by atomic mass is 10.0. The summed E-state index contributed by atoms with van der Waals surface area (Å²) in [6.45, 7) is 0. The van der Waals surface area contributed by atoms with Crippen molar-refractivity contribution >= 4 is 21.8 Å². The summed E-state index contributed by atoms with van der Waals surface area (Å²) < 4.78 is 1.98. The van der Waals surface area contributed by atoms with Gasteiger partial charge in [-0.25, -0.2) is 0 Å². The molecule has 0 unspecified atom stereocenters. The SMILES string of the molecule is Cn1c2ccccc2c2c(C#N)ccc(C#N)c21. The number of rotatable bonds is 0. The highest BCUT2D eigenvalue weighted by Gasteiger charge is 2.14. The Labute approximate surface area is 104 Å². The van der Waals surface area contributed by atoms with Crippen LogP contribution in [0.3, 0.4) is 0 Å². The molecule has 3 heteroatoms. The maximum atomic E-state index is 9.23. The minimum Gasteiger partial charge on any atom is -0.342 e. The maximum Gasteiger partial charge on any atom is 0.101 e. The molecule has 0 amide bonds. The van der Waals surface area contributed by atoms with Gasteiger partial charge in [-0.15, -0.1) is 0 Å². The van der Waals surface area contributed by atoms with Gasteiger partial charge in [-0.05, 0) is 18.2 Å². The lowest BCUT2D eigenvalue weighted by molar-refractivity contribution is 1.01. The topological polar surface area (TPSA) is 52.5 Å². The molecule has 3 nitrogen and oxygen atoms in total. The second-order valence-electron chi connectivity index (χ2n) is 4.18. The first-order valence-corrected chi connectivity index (χ1v) is 5.58. The molecule has 0 N–H and O–H groups in total. The molecule has 0 saturated carbocycles. The molecule has 18 heavy (non-hydrogen) atoms. The van der Waals surface area contributed by atoms with Crippen molar-refractivity contribution in [1.82, 2.24) is 4.57 Å². The molecule has 0 atom stereocenters. The standard InChI is InChI=1S/C15H9N3/c1-18-13-5-3-2-4-12(13)14-10(8-16)6-7-11(9-17)15(14)18/h2-7H,1H3. The van der Waals surface area contributed by atoms with Gasteiger partial charge in [0.25, 0.3) is 0 Å². The molecule has 0 saturated heterocycles. The van der Waals surface area contributed by atoms with Gasteiger partial charge < -0.3 is 4.57 Å². The van der Waals surface area contributed by atoms with Crippen molar-refractivity contribution in [2.75, 3.05) is 0 Å². The van der Waals surface area contributed by atoms with Gasteiger partial charge in [0.2, 0.25) is 0 Å². The molecule has 0 bridgehead atoms. The highest BCUT2D eigenvalue weighted by molar-refractivity contribution is 6.12. The number of aryl methyl sites for hydroxylation is 1. The van der Waals surface area contributed by atoms with Crippen LogP contribution in [-0.4, -0.2) is 4.57 Å². The molecule has 0 fully saturated rings. The summed E-state index contributed by atoms with van der Waals surface area (Å²) in [4.78, 5) is 0. The number of fused-ring (bicyclic) bond motifs is 3. The number of benzene rings is 2. The number of nitrogens with zero attached hydrogens (tertiary/aromatic N) is 3. The molecule has 0 radical (unpaired) electrons. The minimum absolute atomic E-state index is 0.600. The van der Waals surface area contributed by atoms with Gasteiger partial charge in [0.1, 0.15) is 6.07 Å². The second kappa shape index (κ2) is 3.61. The zero-order chi connectivity index (χ0) is 12.7. The molecule has 3 aromatic rings. The first kappa shape index (κ1) is 10.4. The Morgan fingerprint density at radius 1 is 0.944 bits per heavy atom. The Bertz CT molecular complexity index is 857. The van der Waals surface area contributed by atoms with Crippen LogP contribution in [0.25, 0.3) is 21.8 Å². The number of aromatic nitrogens is 1. The van der Waals surface area contributed by atoms with Crippen molar-refractivity contribution in [3.63, 3.8) is 0 Å². The summed E-state index contributed by atoms with van der Waals surface area (Å²) >= 11 is 0. The summed E-state index contributed by atoms with van der Waals surface area (Å²) in [5.41, 5.74) is 3.08. The molecule has 0 spiro atoms.